The quantitative estimate of drug-likeness (QED) is 0.600. The van der Waals surface area contributed by atoms with Crippen molar-refractivity contribution in [1.29, 1.82) is 0 Å². The van der Waals surface area contributed by atoms with Crippen LogP contribution in [0.4, 0.5) is 0 Å². The molecular weight excluding hydrogens is 162 g/mol. The van der Waals surface area contributed by atoms with Crippen LogP contribution in [0.2, 0.25) is 0 Å². The van der Waals surface area contributed by atoms with Crippen LogP contribution in [0.3, 0.4) is 0 Å². The first-order valence-electron chi connectivity index (χ1n) is 3.32. The molecule has 0 aromatic heterocycles. The highest BCUT2D eigenvalue weighted by molar-refractivity contribution is 7.90. The van der Waals surface area contributed by atoms with Gasteiger partial charge in [-0.2, -0.15) is 0 Å². The zero-order valence-corrected chi connectivity index (χ0v) is 7.39. The molecule has 0 aromatic rings. The lowest BCUT2D eigenvalue weighted by Gasteiger charge is -2.06. The molecule has 0 rings (SSSR count). The maximum Gasteiger partial charge on any atom is 0.148 e. The van der Waals surface area contributed by atoms with Crippen LogP contribution in [0.25, 0.3) is 0 Å². The monoisotopic (exact) mass is 175 g/mol. The van der Waals surface area contributed by atoms with Crippen LogP contribution in [0.5, 0.6) is 0 Å². The number of rotatable bonds is 4. The first-order chi connectivity index (χ1) is 4.95. The van der Waals surface area contributed by atoms with Gasteiger partial charge in [-0.1, -0.05) is 0 Å². The highest BCUT2D eigenvalue weighted by Gasteiger charge is 2.09. The Morgan fingerprint density at radius 3 is 2.55 bits per heavy atom. The number of hydrogen-bond acceptors (Lipinski definition) is 3. The number of sulfone groups is 1. The van der Waals surface area contributed by atoms with Gasteiger partial charge in [0.1, 0.15) is 9.84 Å². The van der Waals surface area contributed by atoms with Gasteiger partial charge in [-0.25, -0.2) is 8.42 Å². The third-order valence-corrected chi connectivity index (χ3v) is 2.21. The van der Waals surface area contributed by atoms with Crippen molar-refractivity contribution in [2.24, 2.45) is 5.73 Å². The smallest absolute Gasteiger partial charge is 0.148 e. The summed E-state index contributed by atoms with van der Waals surface area (Å²) in [5, 5.41) is 0. The average Bonchev–Trinajstić information content (AvgIpc) is 1.79. The average molecular weight is 175 g/mol. The number of hydrogen-bond donors (Lipinski definition) is 1. The van der Waals surface area contributed by atoms with Gasteiger partial charge in [-0.3, -0.25) is 0 Å². The van der Waals surface area contributed by atoms with Crippen molar-refractivity contribution in [3.8, 4) is 12.3 Å². The summed E-state index contributed by atoms with van der Waals surface area (Å²) in [6.45, 7) is 0. The van der Waals surface area contributed by atoms with Gasteiger partial charge in [0.25, 0.3) is 0 Å². The summed E-state index contributed by atoms with van der Waals surface area (Å²) in [4.78, 5) is 0. The summed E-state index contributed by atoms with van der Waals surface area (Å²) in [5.74, 6) is 2.43. The molecular formula is C7H13NO2S. The zero-order valence-electron chi connectivity index (χ0n) is 6.58. The van der Waals surface area contributed by atoms with Gasteiger partial charge >= 0.3 is 0 Å². The minimum Gasteiger partial charge on any atom is -0.327 e. The first kappa shape index (κ1) is 10.5. The van der Waals surface area contributed by atoms with E-state index in [1.54, 1.807) is 0 Å². The van der Waals surface area contributed by atoms with Crippen molar-refractivity contribution in [1.82, 2.24) is 0 Å². The van der Waals surface area contributed by atoms with Gasteiger partial charge in [0.2, 0.25) is 0 Å². The van der Waals surface area contributed by atoms with Crippen LogP contribution in [-0.2, 0) is 9.84 Å². The molecule has 0 spiro atoms. The predicted octanol–water partition coefficient (Wildman–Crippen LogP) is -0.228. The summed E-state index contributed by atoms with van der Waals surface area (Å²) >= 11 is 0. The van der Waals surface area contributed by atoms with Gasteiger partial charge < -0.3 is 5.73 Å². The van der Waals surface area contributed by atoms with E-state index < -0.39 is 9.84 Å². The fourth-order valence-electron chi connectivity index (χ4n) is 0.741. The van der Waals surface area contributed by atoms with Gasteiger partial charge in [0.05, 0.1) is 5.75 Å². The Labute approximate surface area is 67.9 Å². The molecule has 0 aliphatic carbocycles. The summed E-state index contributed by atoms with van der Waals surface area (Å²) in [5.41, 5.74) is 5.47. The van der Waals surface area contributed by atoms with Crippen molar-refractivity contribution in [2.45, 2.75) is 18.9 Å². The Kier molecular flexibility index (Phi) is 4.16. The lowest BCUT2D eigenvalue weighted by molar-refractivity contribution is 0.586. The standard InChI is InChI=1S/C7H13NO2S/c1-3-4-5-7(8)6-11(2,9)10/h1,7H,4-6,8H2,2H3. The van der Waals surface area contributed by atoms with E-state index in [0.717, 1.165) is 0 Å². The molecule has 2 N–H and O–H groups in total. The molecule has 0 radical (unpaired) electrons. The Balaban J connectivity index is 3.72. The molecule has 11 heavy (non-hydrogen) atoms. The molecule has 0 aromatic carbocycles. The molecule has 0 saturated carbocycles. The van der Waals surface area contributed by atoms with Gasteiger partial charge in [0.15, 0.2) is 0 Å². The summed E-state index contributed by atoms with van der Waals surface area (Å²) in [7, 11) is -2.95. The largest absolute Gasteiger partial charge is 0.327 e. The minimum atomic E-state index is -2.95. The fourth-order valence-corrected chi connectivity index (χ4v) is 1.69. The molecule has 0 bridgehead atoms. The van der Waals surface area contributed by atoms with E-state index in [-0.39, 0.29) is 11.8 Å². The second kappa shape index (κ2) is 4.37. The Morgan fingerprint density at radius 1 is 1.64 bits per heavy atom. The second-order valence-electron chi connectivity index (χ2n) is 2.60. The van der Waals surface area contributed by atoms with Crippen LogP contribution in [0, 0.1) is 12.3 Å². The van der Waals surface area contributed by atoms with E-state index in [1.165, 1.54) is 6.26 Å². The summed E-state index contributed by atoms with van der Waals surface area (Å²) < 4.78 is 21.3. The molecule has 0 saturated heterocycles. The van der Waals surface area contributed by atoms with E-state index in [2.05, 4.69) is 5.92 Å². The topological polar surface area (TPSA) is 60.2 Å². The maximum atomic E-state index is 10.7. The lowest BCUT2D eigenvalue weighted by Crippen LogP contribution is -2.28. The molecule has 0 heterocycles. The van der Waals surface area contributed by atoms with E-state index in [9.17, 15) is 8.42 Å². The highest BCUT2D eigenvalue weighted by Crippen LogP contribution is 1.96. The van der Waals surface area contributed by atoms with Gasteiger partial charge in [-0.15, -0.1) is 12.3 Å². The Bertz CT molecular complexity index is 238. The van der Waals surface area contributed by atoms with Crippen molar-refractivity contribution in [3.05, 3.63) is 0 Å². The Hall–Kier alpha value is -0.530. The molecule has 4 heteroatoms. The zero-order chi connectivity index (χ0) is 8.91. The third kappa shape index (κ3) is 7.37. The van der Waals surface area contributed by atoms with Crippen LogP contribution < -0.4 is 5.73 Å². The van der Waals surface area contributed by atoms with Crippen molar-refractivity contribution in [3.63, 3.8) is 0 Å². The van der Waals surface area contributed by atoms with E-state index >= 15 is 0 Å². The van der Waals surface area contributed by atoms with Crippen LogP contribution >= 0.6 is 0 Å². The number of nitrogens with two attached hydrogens (primary N) is 1. The van der Waals surface area contributed by atoms with E-state index in [1.807, 2.05) is 0 Å². The molecule has 0 aliphatic rings. The summed E-state index contributed by atoms with van der Waals surface area (Å²) in [6.07, 6.45) is 7.27. The molecule has 64 valence electrons. The third-order valence-electron chi connectivity index (χ3n) is 1.18. The Morgan fingerprint density at radius 2 is 2.18 bits per heavy atom. The van der Waals surface area contributed by atoms with Crippen LogP contribution in [-0.4, -0.2) is 26.5 Å². The lowest BCUT2D eigenvalue weighted by atomic mass is 10.2. The normalized spacial score (nSPS) is 13.9. The number of terminal acetylenes is 1. The van der Waals surface area contributed by atoms with E-state index in [4.69, 9.17) is 12.2 Å². The molecule has 3 nitrogen and oxygen atoms in total. The predicted molar refractivity (Wildman–Crippen MR) is 45.8 cm³/mol. The van der Waals surface area contributed by atoms with Gasteiger partial charge in [0, 0.05) is 18.7 Å². The summed E-state index contributed by atoms with van der Waals surface area (Å²) in [6, 6.07) is -0.318. The molecule has 0 amide bonds. The molecule has 1 atom stereocenters. The molecule has 0 aliphatic heterocycles. The van der Waals surface area contributed by atoms with Crippen LogP contribution in [0.15, 0.2) is 0 Å². The highest BCUT2D eigenvalue weighted by atomic mass is 32.2. The fraction of sp³-hybridized carbons (Fsp3) is 0.714. The van der Waals surface area contributed by atoms with Crippen molar-refractivity contribution in [2.75, 3.05) is 12.0 Å². The van der Waals surface area contributed by atoms with Gasteiger partial charge in [-0.05, 0) is 6.42 Å². The van der Waals surface area contributed by atoms with Crippen LogP contribution in [0.1, 0.15) is 12.8 Å². The maximum absolute atomic E-state index is 10.7. The SMILES string of the molecule is C#CCCC(N)CS(C)(=O)=O. The molecule has 1 unspecified atom stereocenters. The minimum absolute atomic E-state index is 0.0225. The van der Waals surface area contributed by atoms with E-state index in [0.29, 0.717) is 12.8 Å². The van der Waals surface area contributed by atoms with Crippen molar-refractivity contribution < 1.29 is 8.42 Å². The first-order valence-corrected chi connectivity index (χ1v) is 5.38. The van der Waals surface area contributed by atoms with Crippen molar-refractivity contribution >= 4 is 9.84 Å². The molecule has 0 fully saturated rings. The second-order valence-corrected chi connectivity index (χ2v) is 4.78.